The monoisotopic (exact) mass is 130 g/mol. The molecule has 0 fully saturated rings. The van der Waals surface area contributed by atoms with Gasteiger partial charge in [0.1, 0.15) is 0 Å². The summed E-state index contributed by atoms with van der Waals surface area (Å²) in [5.74, 6) is 0. The second-order valence-electron chi connectivity index (χ2n) is 2.87. The minimum atomic E-state index is 1.09. The lowest BCUT2D eigenvalue weighted by molar-refractivity contribution is 1.19. The molecule has 50 valence electrons. The number of benzene rings is 1. The quantitative estimate of drug-likeness (QED) is 0.473. The van der Waals surface area contributed by atoms with Crippen LogP contribution in [0, 0.1) is 0 Å². The van der Waals surface area contributed by atoms with E-state index in [0.29, 0.717) is 0 Å². The van der Waals surface area contributed by atoms with E-state index in [9.17, 15) is 0 Å². The van der Waals surface area contributed by atoms with Crippen molar-refractivity contribution in [3.8, 4) is 0 Å². The molecular weight excluding hydrogens is 120 g/mol. The number of fused-ring (bicyclic) bond motifs is 1. The minimum absolute atomic E-state index is 1.09. The Bertz CT molecular complexity index is 244. The van der Waals surface area contributed by atoms with E-state index in [1.54, 1.807) is 0 Å². The summed E-state index contributed by atoms with van der Waals surface area (Å²) in [6, 6.07) is 8.57. The van der Waals surface area contributed by atoms with Crippen molar-refractivity contribution in [1.29, 1.82) is 0 Å². The highest BCUT2D eigenvalue weighted by Gasteiger charge is 2.11. The molecule has 0 amide bonds. The van der Waals surface area contributed by atoms with Crippen molar-refractivity contribution in [3.05, 3.63) is 47.5 Å². The Morgan fingerprint density at radius 1 is 1.00 bits per heavy atom. The third kappa shape index (κ3) is 0.766. The van der Waals surface area contributed by atoms with E-state index in [2.05, 4.69) is 30.8 Å². The second kappa shape index (κ2) is 1.98. The summed E-state index contributed by atoms with van der Waals surface area (Å²) >= 11 is 0. The maximum Gasteiger partial charge on any atom is -0.00636 e. The van der Waals surface area contributed by atoms with Gasteiger partial charge in [0.15, 0.2) is 0 Å². The van der Waals surface area contributed by atoms with Crippen LogP contribution in [0.25, 0.3) is 0 Å². The molecule has 1 aliphatic rings. The maximum atomic E-state index is 3.97. The van der Waals surface area contributed by atoms with Crippen LogP contribution in [-0.4, -0.2) is 0 Å². The fraction of sp³-hybridized carbons (Fsp3) is 0.200. The lowest BCUT2D eigenvalue weighted by atomic mass is 10.1. The first-order valence-corrected chi connectivity index (χ1v) is 3.60. The molecular formula is C10H10. The van der Waals surface area contributed by atoms with E-state index >= 15 is 0 Å². The van der Waals surface area contributed by atoms with Crippen molar-refractivity contribution in [3.63, 3.8) is 0 Å². The zero-order valence-corrected chi connectivity index (χ0v) is 5.93. The zero-order chi connectivity index (χ0) is 6.97. The third-order valence-corrected chi connectivity index (χ3v) is 2.00. The average Bonchev–Trinajstić information content (AvgIpc) is 2.27. The van der Waals surface area contributed by atoms with Gasteiger partial charge in [-0.2, -0.15) is 0 Å². The highest BCUT2D eigenvalue weighted by molar-refractivity contribution is 5.39. The third-order valence-electron chi connectivity index (χ3n) is 2.00. The van der Waals surface area contributed by atoms with Gasteiger partial charge >= 0.3 is 0 Å². The molecule has 0 heterocycles. The highest BCUT2D eigenvalue weighted by Crippen LogP contribution is 2.23. The van der Waals surface area contributed by atoms with Gasteiger partial charge in [0.2, 0.25) is 0 Å². The van der Waals surface area contributed by atoms with Gasteiger partial charge in [0.05, 0.1) is 0 Å². The molecule has 0 atom stereocenters. The second-order valence-corrected chi connectivity index (χ2v) is 2.87. The summed E-state index contributed by atoms with van der Waals surface area (Å²) in [6.07, 6.45) is 2.19. The number of hydrogen-bond donors (Lipinski definition) is 0. The first kappa shape index (κ1) is 5.72. The summed E-state index contributed by atoms with van der Waals surface area (Å²) in [7, 11) is 0. The Hall–Kier alpha value is -1.04. The molecule has 0 unspecified atom stereocenters. The lowest BCUT2D eigenvalue weighted by Crippen LogP contribution is -1.77. The van der Waals surface area contributed by atoms with Crippen LogP contribution in [0.4, 0.5) is 0 Å². The molecule has 0 saturated heterocycles. The Morgan fingerprint density at radius 2 is 1.50 bits per heavy atom. The normalized spacial score (nSPS) is 15.4. The predicted octanol–water partition coefficient (Wildman–Crippen LogP) is 2.34. The van der Waals surface area contributed by atoms with Crippen molar-refractivity contribution in [1.82, 2.24) is 0 Å². The van der Waals surface area contributed by atoms with Crippen LogP contribution in [0.1, 0.15) is 11.1 Å². The van der Waals surface area contributed by atoms with E-state index in [1.807, 2.05) is 0 Å². The molecule has 0 aliphatic heterocycles. The van der Waals surface area contributed by atoms with Gasteiger partial charge < -0.3 is 0 Å². The molecule has 0 spiro atoms. The van der Waals surface area contributed by atoms with Crippen molar-refractivity contribution in [2.45, 2.75) is 12.8 Å². The molecule has 1 aromatic rings. The average molecular weight is 130 g/mol. The van der Waals surface area contributed by atoms with Crippen molar-refractivity contribution in [2.24, 2.45) is 0 Å². The zero-order valence-electron chi connectivity index (χ0n) is 5.93. The summed E-state index contributed by atoms with van der Waals surface area (Å²) in [5, 5.41) is 0. The van der Waals surface area contributed by atoms with Gasteiger partial charge in [0.25, 0.3) is 0 Å². The molecule has 1 aliphatic carbocycles. The van der Waals surface area contributed by atoms with E-state index < -0.39 is 0 Å². The number of hydrogen-bond acceptors (Lipinski definition) is 0. The van der Waals surface area contributed by atoms with Crippen LogP contribution in [0.5, 0.6) is 0 Å². The largest absolute Gasteiger partial charge is 0.0992 e. The van der Waals surface area contributed by atoms with Crippen molar-refractivity contribution < 1.29 is 0 Å². The SMILES string of the molecule is C=C1Cc2ccccc2C1. The number of allylic oxidation sites excluding steroid dienone is 1. The van der Waals surface area contributed by atoms with Gasteiger partial charge in [0, 0.05) is 0 Å². The van der Waals surface area contributed by atoms with Crippen LogP contribution >= 0.6 is 0 Å². The van der Waals surface area contributed by atoms with Gasteiger partial charge in [-0.1, -0.05) is 36.4 Å². The summed E-state index contributed by atoms with van der Waals surface area (Å²) < 4.78 is 0. The van der Waals surface area contributed by atoms with Gasteiger partial charge in [-0.3, -0.25) is 0 Å². The topological polar surface area (TPSA) is 0 Å². The summed E-state index contributed by atoms with van der Waals surface area (Å²) in [6.45, 7) is 3.97. The van der Waals surface area contributed by atoms with Crippen molar-refractivity contribution in [2.75, 3.05) is 0 Å². The molecule has 0 radical (unpaired) electrons. The van der Waals surface area contributed by atoms with E-state index in [-0.39, 0.29) is 0 Å². The van der Waals surface area contributed by atoms with Crippen LogP contribution in [0.2, 0.25) is 0 Å². The van der Waals surface area contributed by atoms with Gasteiger partial charge in [-0.25, -0.2) is 0 Å². The maximum absolute atomic E-state index is 3.97. The van der Waals surface area contributed by atoms with Crippen LogP contribution in [0.3, 0.4) is 0 Å². The molecule has 10 heavy (non-hydrogen) atoms. The molecule has 0 aromatic heterocycles. The minimum Gasteiger partial charge on any atom is -0.0992 e. The highest BCUT2D eigenvalue weighted by atomic mass is 14.2. The van der Waals surface area contributed by atoms with Gasteiger partial charge in [-0.05, 0) is 24.0 Å². The smallest absolute Gasteiger partial charge is 0.00636 e. The Kier molecular flexibility index (Phi) is 1.13. The Labute approximate surface area is 61.2 Å². The molecule has 0 N–H and O–H groups in total. The molecule has 1 aromatic carbocycles. The van der Waals surface area contributed by atoms with Crippen LogP contribution in [-0.2, 0) is 12.8 Å². The van der Waals surface area contributed by atoms with Crippen molar-refractivity contribution >= 4 is 0 Å². The van der Waals surface area contributed by atoms with Crippen LogP contribution < -0.4 is 0 Å². The van der Waals surface area contributed by atoms with Gasteiger partial charge in [-0.15, -0.1) is 0 Å². The fourth-order valence-electron chi connectivity index (χ4n) is 1.50. The fourth-order valence-corrected chi connectivity index (χ4v) is 1.50. The molecule has 0 bridgehead atoms. The Morgan fingerprint density at radius 3 is 2.00 bits per heavy atom. The lowest BCUT2D eigenvalue weighted by Gasteiger charge is -1.92. The Balaban J connectivity index is 2.51. The standard InChI is InChI=1S/C10H10/c1-8-6-9-4-2-3-5-10(9)7-8/h2-5H,1,6-7H2. The summed E-state index contributed by atoms with van der Waals surface area (Å²) in [5.41, 5.74) is 4.28. The van der Waals surface area contributed by atoms with E-state index in [4.69, 9.17) is 0 Å². The number of rotatable bonds is 0. The first-order chi connectivity index (χ1) is 4.86. The summed E-state index contributed by atoms with van der Waals surface area (Å²) in [4.78, 5) is 0. The van der Waals surface area contributed by atoms with E-state index in [0.717, 1.165) is 12.8 Å². The predicted molar refractivity (Wildman–Crippen MR) is 43.0 cm³/mol. The molecule has 0 nitrogen and oxygen atoms in total. The van der Waals surface area contributed by atoms with E-state index in [1.165, 1.54) is 16.7 Å². The molecule has 0 saturated carbocycles. The first-order valence-electron chi connectivity index (χ1n) is 3.60. The molecule has 2 rings (SSSR count). The molecule has 0 heteroatoms. The van der Waals surface area contributed by atoms with Crippen LogP contribution in [0.15, 0.2) is 36.4 Å².